The van der Waals surface area contributed by atoms with Crippen molar-refractivity contribution in [3.05, 3.63) is 59.3 Å². The maximum atomic E-state index is 13.7. The molecule has 1 amide bonds. The van der Waals surface area contributed by atoms with Gasteiger partial charge in [-0.25, -0.2) is 13.8 Å². The molecule has 128 valence electrons. The smallest absolute Gasteiger partial charge is 0.227 e. The van der Waals surface area contributed by atoms with Crippen molar-refractivity contribution in [2.45, 2.75) is 18.9 Å². The van der Waals surface area contributed by atoms with E-state index in [1.54, 1.807) is 17.0 Å². The van der Waals surface area contributed by atoms with Gasteiger partial charge in [0.25, 0.3) is 0 Å². The van der Waals surface area contributed by atoms with Gasteiger partial charge in [0.1, 0.15) is 17.7 Å². The number of hydrogen-bond acceptors (Lipinski definition) is 4. The van der Waals surface area contributed by atoms with Crippen LogP contribution in [-0.2, 0) is 11.2 Å². The average Bonchev–Trinajstić information content (AvgIpc) is 3.06. The van der Waals surface area contributed by atoms with Crippen molar-refractivity contribution in [2.24, 2.45) is 0 Å². The van der Waals surface area contributed by atoms with Gasteiger partial charge in [-0.05, 0) is 17.7 Å². The molecule has 1 unspecified atom stereocenters. The number of carbonyl (C=O) groups is 1. The molecular formula is C18H15F2N3O2. The first-order valence-corrected chi connectivity index (χ1v) is 7.79. The third-order valence-electron chi connectivity index (χ3n) is 4.01. The van der Waals surface area contributed by atoms with E-state index >= 15 is 0 Å². The van der Waals surface area contributed by atoms with Crippen LogP contribution >= 0.6 is 0 Å². The maximum Gasteiger partial charge on any atom is 0.227 e. The molecule has 1 saturated heterocycles. The van der Waals surface area contributed by atoms with Gasteiger partial charge < -0.3 is 9.64 Å². The third-order valence-corrected chi connectivity index (χ3v) is 4.01. The average molecular weight is 343 g/mol. The first-order valence-electron chi connectivity index (χ1n) is 7.79. The second-order valence-corrected chi connectivity index (χ2v) is 5.78. The Kier molecular flexibility index (Phi) is 4.89. The predicted molar refractivity (Wildman–Crippen MR) is 84.6 cm³/mol. The highest BCUT2D eigenvalue weighted by Crippen LogP contribution is 2.19. The highest BCUT2D eigenvalue weighted by Gasteiger charge is 2.28. The third kappa shape index (κ3) is 4.10. The molecule has 0 spiro atoms. The van der Waals surface area contributed by atoms with Gasteiger partial charge in [-0.2, -0.15) is 5.26 Å². The summed E-state index contributed by atoms with van der Waals surface area (Å²) in [4.78, 5) is 17.9. The van der Waals surface area contributed by atoms with Gasteiger partial charge in [-0.1, -0.05) is 6.07 Å². The van der Waals surface area contributed by atoms with Crippen LogP contribution in [0.3, 0.4) is 0 Å². The van der Waals surface area contributed by atoms with Gasteiger partial charge in [0.15, 0.2) is 0 Å². The van der Waals surface area contributed by atoms with Crippen molar-refractivity contribution in [3.8, 4) is 11.9 Å². The SMILES string of the molecule is N#Cc1ccnc(OC2CCN(C(=O)Cc3ccc(F)cc3F)C2)c1. The molecule has 0 radical (unpaired) electrons. The predicted octanol–water partition coefficient (Wildman–Crippen LogP) is 2.45. The van der Waals surface area contributed by atoms with E-state index in [0.29, 0.717) is 31.0 Å². The van der Waals surface area contributed by atoms with Crippen LogP contribution < -0.4 is 4.74 Å². The molecule has 1 aromatic carbocycles. The number of hydrogen-bond donors (Lipinski definition) is 0. The molecule has 1 aliphatic rings. The molecule has 0 N–H and O–H groups in total. The number of ether oxygens (including phenoxy) is 1. The van der Waals surface area contributed by atoms with E-state index in [4.69, 9.17) is 10.00 Å². The molecule has 2 aromatic rings. The van der Waals surface area contributed by atoms with Crippen LogP contribution in [-0.4, -0.2) is 35.0 Å². The summed E-state index contributed by atoms with van der Waals surface area (Å²) in [5, 5.41) is 8.88. The Morgan fingerprint density at radius 3 is 2.96 bits per heavy atom. The molecule has 7 heteroatoms. The van der Waals surface area contributed by atoms with E-state index in [1.807, 2.05) is 6.07 Å². The number of halogens is 2. The fraction of sp³-hybridized carbons (Fsp3) is 0.278. The first kappa shape index (κ1) is 16.8. The summed E-state index contributed by atoms with van der Waals surface area (Å²) in [5.74, 6) is -1.30. The first-order chi connectivity index (χ1) is 12.0. The zero-order valence-corrected chi connectivity index (χ0v) is 13.3. The lowest BCUT2D eigenvalue weighted by Gasteiger charge is -2.17. The summed E-state index contributed by atoms with van der Waals surface area (Å²) < 4.78 is 32.3. The standard InChI is InChI=1S/C18H15F2N3O2/c19-14-2-1-13(16(20)9-14)8-18(24)23-6-4-15(11-23)25-17-7-12(10-21)3-5-22-17/h1-3,5,7,9,15H,4,6,8,11H2. The zero-order chi connectivity index (χ0) is 17.8. The quantitative estimate of drug-likeness (QED) is 0.855. The molecule has 1 fully saturated rings. The Bertz CT molecular complexity index is 835. The van der Waals surface area contributed by atoms with Crippen LogP contribution in [0.25, 0.3) is 0 Å². The largest absolute Gasteiger partial charge is 0.472 e. The second-order valence-electron chi connectivity index (χ2n) is 5.78. The molecule has 0 aliphatic carbocycles. The summed E-state index contributed by atoms with van der Waals surface area (Å²) >= 11 is 0. The monoisotopic (exact) mass is 343 g/mol. The van der Waals surface area contributed by atoms with E-state index in [0.717, 1.165) is 12.1 Å². The van der Waals surface area contributed by atoms with Crippen LogP contribution in [0.1, 0.15) is 17.5 Å². The van der Waals surface area contributed by atoms with Crippen LogP contribution in [0.5, 0.6) is 5.88 Å². The van der Waals surface area contributed by atoms with Crippen molar-refractivity contribution in [1.82, 2.24) is 9.88 Å². The van der Waals surface area contributed by atoms with E-state index in [2.05, 4.69) is 4.98 Å². The summed E-state index contributed by atoms with van der Waals surface area (Å²) in [5.41, 5.74) is 0.613. The molecule has 0 saturated carbocycles. The fourth-order valence-corrected chi connectivity index (χ4v) is 2.70. The van der Waals surface area contributed by atoms with E-state index in [1.165, 1.54) is 12.3 Å². The molecule has 25 heavy (non-hydrogen) atoms. The molecule has 1 aromatic heterocycles. The molecular weight excluding hydrogens is 328 g/mol. The van der Waals surface area contributed by atoms with Gasteiger partial charge >= 0.3 is 0 Å². The van der Waals surface area contributed by atoms with Gasteiger partial charge in [0.05, 0.1) is 24.6 Å². The second kappa shape index (κ2) is 7.26. The summed E-state index contributed by atoms with van der Waals surface area (Å²) in [6.45, 7) is 0.852. The maximum absolute atomic E-state index is 13.7. The number of rotatable bonds is 4. The number of amides is 1. The van der Waals surface area contributed by atoms with E-state index in [9.17, 15) is 13.6 Å². The molecule has 5 nitrogen and oxygen atoms in total. The Balaban J connectivity index is 1.58. The minimum absolute atomic E-state index is 0.124. The number of likely N-dealkylation sites (tertiary alicyclic amines) is 1. The van der Waals surface area contributed by atoms with Gasteiger partial charge in [0.2, 0.25) is 11.8 Å². The number of carbonyl (C=O) groups excluding carboxylic acids is 1. The number of aromatic nitrogens is 1. The summed E-state index contributed by atoms with van der Waals surface area (Å²) in [6.07, 6.45) is 1.75. The lowest BCUT2D eigenvalue weighted by Crippen LogP contribution is -2.32. The molecule has 2 heterocycles. The molecule has 3 rings (SSSR count). The number of nitrogens with zero attached hydrogens (tertiary/aromatic N) is 3. The summed E-state index contributed by atoms with van der Waals surface area (Å²) in [6, 6.07) is 8.31. The summed E-state index contributed by atoms with van der Waals surface area (Å²) in [7, 11) is 0. The van der Waals surface area contributed by atoms with Crippen LogP contribution in [0.15, 0.2) is 36.5 Å². The minimum Gasteiger partial charge on any atom is -0.472 e. The normalized spacial score (nSPS) is 16.5. The van der Waals surface area contributed by atoms with Crippen LogP contribution in [0.4, 0.5) is 8.78 Å². The van der Waals surface area contributed by atoms with E-state index in [-0.39, 0.29) is 24.0 Å². The lowest BCUT2D eigenvalue weighted by atomic mass is 10.1. The van der Waals surface area contributed by atoms with Gasteiger partial charge in [-0.15, -0.1) is 0 Å². The Morgan fingerprint density at radius 2 is 2.20 bits per heavy atom. The molecule has 1 atom stereocenters. The Hall–Kier alpha value is -3.01. The van der Waals surface area contributed by atoms with E-state index < -0.39 is 11.6 Å². The number of benzene rings is 1. The molecule has 0 bridgehead atoms. The van der Waals surface area contributed by atoms with Crippen molar-refractivity contribution in [2.75, 3.05) is 13.1 Å². The van der Waals surface area contributed by atoms with Crippen molar-refractivity contribution < 1.29 is 18.3 Å². The van der Waals surface area contributed by atoms with Crippen LogP contribution in [0, 0.1) is 23.0 Å². The zero-order valence-electron chi connectivity index (χ0n) is 13.3. The Morgan fingerprint density at radius 1 is 1.36 bits per heavy atom. The van der Waals surface area contributed by atoms with Crippen molar-refractivity contribution >= 4 is 5.91 Å². The van der Waals surface area contributed by atoms with Crippen molar-refractivity contribution in [3.63, 3.8) is 0 Å². The number of pyridine rings is 1. The fourth-order valence-electron chi connectivity index (χ4n) is 2.70. The van der Waals surface area contributed by atoms with Gasteiger partial charge in [-0.3, -0.25) is 4.79 Å². The highest BCUT2D eigenvalue weighted by molar-refractivity contribution is 5.79. The highest BCUT2D eigenvalue weighted by atomic mass is 19.1. The van der Waals surface area contributed by atoms with Crippen LogP contribution in [0.2, 0.25) is 0 Å². The lowest BCUT2D eigenvalue weighted by molar-refractivity contribution is -0.129. The Labute approximate surface area is 143 Å². The minimum atomic E-state index is -0.724. The number of nitriles is 1. The molecule has 1 aliphatic heterocycles. The van der Waals surface area contributed by atoms with Gasteiger partial charge in [0, 0.05) is 31.3 Å². The topological polar surface area (TPSA) is 66.2 Å². The van der Waals surface area contributed by atoms with Crippen molar-refractivity contribution in [1.29, 1.82) is 5.26 Å².